The van der Waals surface area contributed by atoms with Crippen LogP contribution >= 0.6 is 0 Å². The first-order valence-electron chi connectivity index (χ1n) is 4.23. The second-order valence-electron chi connectivity index (χ2n) is 2.86. The third kappa shape index (κ3) is 2.77. The zero-order valence-electron chi connectivity index (χ0n) is 8.04. The fraction of sp³-hybridized carbons (Fsp3) is 0.333. The van der Waals surface area contributed by atoms with Gasteiger partial charge in [0.25, 0.3) is 0 Å². The number of halogens is 1. The molecule has 1 aromatic rings. The van der Waals surface area contributed by atoms with Crippen molar-refractivity contribution in [2.45, 2.75) is 13.0 Å². The third-order valence-corrected chi connectivity index (χ3v) is 1.80. The normalized spacial score (nSPS) is 12.2. The predicted molar refractivity (Wildman–Crippen MR) is 51.3 cm³/mol. The standard InChI is InChI=1S/C9H12FN3O/c1-6(11-2)9(14)13-8-4-3-7(10)5-12-8/h3-6,11H,1-2H3,(H,12,13,14). The van der Waals surface area contributed by atoms with Crippen LogP contribution in [0.4, 0.5) is 10.2 Å². The van der Waals surface area contributed by atoms with E-state index < -0.39 is 5.82 Å². The first-order valence-corrected chi connectivity index (χ1v) is 4.23. The van der Waals surface area contributed by atoms with E-state index in [1.54, 1.807) is 14.0 Å². The highest BCUT2D eigenvalue weighted by Crippen LogP contribution is 2.03. The predicted octanol–water partition coefficient (Wildman–Crippen LogP) is 0.767. The average Bonchev–Trinajstić information content (AvgIpc) is 2.20. The summed E-state index contributed by atoms with van der Waals surface area (Å²) in [6, 6.07) is 2.35. The summed E-state index contributed by atoms with van der Waals surface area (Å²) >= 11 is 0. The molecule has 1 amide bonds. The maximum absolute atomic E-state index is 12.5. The van der Waals surface area contributed by atoms with Crippen LogP contribution in [0.25, 0.3) is 0 Å². The maximum atomic E-state index is 12.5. The van der Waals surface area contributed by atoms with Crippen LogP contribution in [0.3, 0.4) is 0 Å². The largest absolute Gasteiger partial charge is 0.309 e. The molecule has 14 heavy (non-hydrogen) atoms. The molecule has 0 fully saturated rings. The minimum absolute atomic E-state index is 0.202. The molecule has 0 aliphatic heterocycles. The van der Waals surface area contributed by atoms with Crippen molar-refractivity contribution in [3.8, 4) is 0 Å². The van der Waals surface area contributed by atoms with Gasteiger partial charge in [-0.15, -0.1) is 0 Å². The Morgan fingerprint density at radius 2 is 2.29 bits per heavy atom. The monoisotopic (exact) mass is 197 g/mol. The zero-order chi connectivity index (χ0) is 10.6. The van der Waals surface area contributed by atoms with Crippen LogP contribution in [0, 0.1) is 5.82 Å². The molecule has 0 saturated carbocycles. The van der Waals surface area contributed by atoms with E-state index in [0.717, 1.165) is 6.20 Å². The lowest BCUT2D eigenvalue weighted by molar-refractivity contribution is -0.117. The lowest BCUT2D eigenvalue weighted by Crippen LogP contribution is -2.35. The number of nitrogens with one attached hydrogen (secondary N) is 2. The van der Waals surface area contributed by atoms with Crippen LogP contribution in [-0.2, 0) is 4.79 Å². The second-order valence-corrected chi connectivity index (χ2v) is 2.86. The van der Waals surface area contributed by atoms with Gasteiger partial charge in [0, 0.05) is 0 Å². The number of rotatable bonds is 3. The van der Waals surface area contributed by atoms with Crippen molar-refractivity contribution in [1.29, 1.82) is 0 Å². The lowest BCUT2D eigenvalue weighted by Gasteiger charge is -2.09. The van der Waals surface area contributed by atoms with Gasteiger partial charge in [-0.25, -0.2) is 9.37 Å². The Hall–Kier alpha value is -1.49. The van der Waals surface area contributed by atoms with Crippen molar-refractivity contribution in [1.82, 2.24) is 10.3 Å². The maximum Gasteiger partial charge on any atom is 0.242 e. The van der Waals surface area contributed by atoms with E-state index in [1.165, 1.54) is 12.1 Å². The van der Waals surface area contributed by atoms with Crippen LogP contribution in [0.2, 0.25) is 0 Å². The molecular formula is C9H12FN3O. The van der Waals surface area contributed by atoms with Gasteiger partial charge in [0.05, 0.1) is 12.2 Å². The molecule has 1 unspecified atom stereocenters. The van der Waals surface area contributed by atoms with E-state index in [-0.39, 0.29) is 11.9 Å². The minimum Gasteiger partial charge on any atom is -0.309 e. The van der Waals surface area contributed by atoms with Crippen LogP contribution < -0.4 is 10.6 Å². The van der Waals surface area contributed by atoms with Gasteiger partial charge < -0.3 is 10.6 Å². The number of hydrogen-bond acceptors (Lipinski definition) is 3. The molecule has 4 nitrogen and oxygen atoms in total. The highest BCUT2D eigenvalue weighted by atomic mass is 19.1. The number of nitrogens with zero attached hydrogens (tertiary/aromatic N) is 1. The Balaban J connectivity index is 2.60. The molecule has 5 heteroatoms. The smallest absolute Gasteiger partial charge is 0.242 e. The molecule has 1 heterocycles. The van der Waals surface area contributed by atoms with Gasteiger partial charge in [-0.3, -0.25) is 4.79 Å². The van der Waals surface area contributed by atoms with E-state index in [1.807, 2.05) is 0 Å². The topological polar surface area (TPSA) is 54.0 Å². The first-order chi connectivity index (χ1) is 6.63. The van der Waals surface area contributed by atoms with Crippen LogP contribution in [0.15, 0.2) is 18.3 Å². The van der Waals surface area contributed by atoms with Gasteiger partial charge in [0.2, 0.25) is 5.91 Å². The van der Waals surface area contributed by atoms with Gasteiger partial charge in [-0.05, 0) is 26.1 Å². The van der Waals surface area contributed by atoms with Gasteiger partial charge in [-0.1, -0.05) is 0 Å². The second kappa shape index (κ2) is 4.66. The van der Waals surface area contributed by atoms with E-state index in [2.05, 4.69) is 15.6 Å². The Labute approximate surface area is 81.5 Å². The molecule has 0 radical (unpaired) electrons. The van der Waals surface area contributed by atoms with Crippen molar-refractivity contribution in [2.24, 2.45) is 0 Å². The van der Waals surface area contributed by atoms with Crippen LogP contribution in [0.1, 0.15) is 6.92 Å². The molecule has 1 rings (SSSR count). The molecule has 2 N–H and O–H groups in total. The number of amides is 1. The van der Waals surface area contributed by atoms with Crippen molar-refractivity contribution in [3.63, 3.8) is 0 Å². The molecule has 0 spiro atoms. The quantitative estimate of drug-likeness (QED) is 0.752. The summed E-state index contributed by atoms with van der Waals surface area (Å²) in [4.78, 5) is 15.0. The van der Waals surface area contributed by atoms with Crippen molar-refractivity contribution >= 4 is 11.7 Å². The van der Waals surface area contributed by atoms with Gasteiger partial charge in [0.1, 0.15) is 11.6 Å². The Morgan fingerprint density at radius 1 is 1.57 bits per heavy atom. The van der Waals surface area contributed by atoms with Crippen LogP contribution in [0.5, 0.6) is 0 Å². The highest BCUT2D eigenvalue weighted by Gasteiger charge is 2.10. The Bertz CT molecular complexity index is 312. The third-order valence-electron chi connectivity index (χ3n) is 1.80. The number of pyridine rings is 1. The number of anilines is 1. The summed E-state index contributed by atoms with van der Waals surface area (Å²) in [5.74, 6) is -0.283. The van der Waals surface area contributed by atoms with Crippen molar-refractivity contribution in [2.75, 3.05) is 12.4 Å². The Kier molecular flexibility index (Phi) is 3.53. The van der Waals surface area contributed by atoms with E-state index in [9.17, 15) is 9.18 Å². The van der Waals surface area contributed by atoms with Gasteiger partial charge in [0.15, 0.2) is 0 Å². The van der Waals surface area contributed by atoms with Gasteiger partial charge in [-0.2, -0.15) is 0 Å². The fourth-order valence-corrected chi connectivity index (χ4v) is 0.815. The van der Waals surface area contributed by atoms with E-state index >= 15 is 0 Å². The number of aromatic nitrogens is 1. The SMILES string of the molecule is CNC(C)C(=O)Nc1ccc(F)cn1. The van der Waals surface area contributed by atoms with E-state index in [0.29, 0.717) is 5.82 Å². The molecule has 0 aliphatic carbocycles. The molecule has 0 saturated heterocycles. The summed E-state index contributed by atoms with van der Waals surface area (Å²) in [6.45, 7) is 1.72. The Morgan fingerprint density at radius 3 is 2.79 bits per heavy atom. The number of carbonyl (C=O) groups is 1. The summed E-state index contributed by atoms with van der Waals surface area (Å²) in [7, 11) is 1.68. The molecule has 0 aromatic carbocycles. The van der Waals surface area contributed by atoms with Crippen molar-refractivity contribution in [3.05, 3.63) is 24.1 Å². The summed E-state index contributed by atoms with van der Waals surface area (Å²) in [6.07, 6.45) is 1.06. The number of hydrogen-bond donors (Lipinski definition) is 2. The summed E-state index contributed by atoms with van der Waals surface area (Å²) in [5, 5.41) is 5.32. The molecule has 0 bridgehead atoms. The lowest BCUT2D eigenvalue weighted by atomic mass is 10.3. The summed E-state index contributed by atoms with van der Waals surface area (Å²) in [5.41, 5.74) is 0. The molecule has 1 atom stereocenters. The first kappa shape index (κ1) is 10.6. The number of carbonyl (C=O) groups excluding carboxylic acids is 1. The number of likely N-dealkylation sites (N-methyl/N-ethyl adjacent to an activating group) is 1. The minimum atomic E-state index is -0.426. The molecule has 0 aliphatic rings. The summed E-state index contributed by atoms with van der Waals surface area (Å²) < 4.78 is 12.5. The highest BCUT2D eigenvalue weighted by molar-refractivity contribution is 5.93. The van der Waals surface area contributed by atoms with Crippen LogP contribution in [-0.4, -0.2) is 24.0 Å². The fourth-order valence-electron chi connectivity index (χ4n) is 0.815. The molecule has 1 aromatic heterocycles. The average molecular weight is 197 g/mol. The molecule has 76 valence electrons. The van der Waals surface area contributed by atoms with Gasteiger partial charge >= 0.3 is 0 Å². The van der Waals surface area contributed by atoms with E-state index in [4.69, 9.17) is 0 Å². The van der Waals surface area contributed by atoms with Crippen molar-refractivity contribution < 1.29 is 9.18 Å². The molecular weight excluding hydrogens is 185 g/mol. The zero-order valence-corrected chi connectivity index (χ0v) is 8.04.